The number of imidazole rings is 1. The third-order valence-corrected chi connectivity index (χ3v) is 5.44. The molecule has 1 atom stereocenters. The van der Waals surface area contributed by atoms with Crippen molar-refractivity contribution in [2.24, 2.45) is 13.0 Å². The number of amides is 1. The fourth-order valence-electron chi connectivity index (χ4n) is 2.94. The van der Waals surface area contributed by atoms with Crippen molar-refractivity contribution in [2.75, 3.05) is 0 Å². The number of hydrogen-bond donors (Lipinski definition) is 1. The second-order valence-electron chi connectivity index (χ2n) is 6.17. The molecule has 1 saturated carbocycles. The first-order chi connectivity index (χ1) is 12.0. The maximum Gasteiger partial charge on any atom is 0.272 e. The molecule has 4 rings (SSSR count). The van der Waals surface area contributed by atoms with Crippen LogP contribution >= 0.6 is 38.5 Å². The molecule has 0 aliphatic heterocycles. The SMILES string of the molecule is Cn1c([C@@H](NC(=O)c2cnc(I)cn2)C2CC2)nc2cc(Br)ccc21. The third kappa shape index (κ3) is 3.41. The van der Waals surface area contributed by atoms with Crippen molar-refractivity contribution < 1.29 is 4.79 Å². The van der Waals surface area contributed by atoms with Crippen molar-refractivity contribution in [1.82, 2.24) is 24.8 Å². The van der Waals surface area contributed by atoms with Gasteiger partial charge in [-0.2, -0.15) is 0 Å². The second-order valence-corrected chi connectivity index (χ2v) is 8.20. The number of rotatable bonds is 4. The molecule has 1 aliphatic carbocycles. The standard InChI is InChI=1S/C17H15BrIN5O/c1-24-13-5-4-10(18)6-11(13)22-16(24)15(9-2-3-9)23-17(25)12-7-21-14(19)8-20-12/h4-9,15H,2-3H2,1H3,(H,23,25)/t15-/m0/s1. The lowest BCUT2D eigenvalue weighted by atomic mass is 10.1. The summed E-state index contributed by atoms with van der Waals surface area (Å²) in [4.78, 5) is 25.7. The van der Waals surface area contributed by atoms with Crippen LogP contribution in [0.1, 0.15) is 35.2 Å². The van der Waals surface area contributed by atoms with Gasteiger partial charge in [-0.05, 0) is 59.5 Å². The molecule has 0 unspecified atom stereocenters. The number of carbonyl (C=O) groups excluding carboxylic acids is 1. The number of aromatic nitrogens is 4. The van der Waals surface area contributed by atoms with E-state index < -0.39 is 0 Å². The van der Waals surface area contributed by atoms with Crippen molar-refractivity contribution in [3.8, 4) is 0 Å². The number of carbonyl (C=O) groups is 1. The van der Waals surface area contributed by atoms with Gasteiger partial charge in [-0.15, -0.1) is 0 Å². The molecule has 0 spiro atoms. The van der Waals surface area contributed by atoms with E-state index in [-0.39, 0.29) is 11.9 Å². The van der Waals surface area contributed by atoms with Crippen LogP contribution in [-0.2, 0) is 7.05 Å². The van der Waals surface area contributed by atoms with Gasteiger partial charge in [-0.25, -0.2) is 15.0 Å². The first-order valence-electron chi connectivity index (χ1n) is 7.93. The van der Waals surface area contributed by atoms with E-state index in [0.29, 0.717) is 11.6 Å². The Kier molecular flexibility index (Phi) is 4.48. The van der Waals surface area contributed by atoms with Crippen molar-refractivity contribution in [2.45, 2.75) is 18.9 Å². The Morgan fingerprint density at radius 2 is 2.16 bits per heavy atom. The molecule has 1 fully saturated rings. The predicted molar refractivity (Wildman–Crippen MR) is 106 cm³/mol. The summed E-state index contributed by atoms with van der Waals surface area (Å²) >= 11 is 5.55. The Morgan fingerprint density at radius 3 is 2.84 bits per heavy atom. The smallest absolute Gasteiger partial charge is 0.272 e. The fraction of sp³-hybridized carbons (Fsp3) is 0.294. The van der Waals surface area contributed by atoms with E-state index in [0.717, 1.165) is 37.9 Å². The monoisotopic (exact) mass is 511 g/mol. The molecule has 1 N–H and O–H groups in total. The summed E-state index contributed by atoms with van der Waals surface area (Å²) in [6, 6.07) is 5.91. The zero-order chi connectivity index (χ0) is 17.6. The van der Waals surface area contributed by atoms with Crippen molar-refractivity contribution >= 4 is 55.5 Å². The number of hydrogen-bond acceptors (Lipinski definition) is 4. The van der Waals surface area contributed by atoms with Crippen LogP contribution in [0.5, 0.6) is 0 Å². The van der Waals surface area contributed by atoms with Gasteiger partial charge in [-0.1, -0.05) is 15.9 Å². The van der Waals surface area contributed by atoms with E-state index in [1.165, 1.54) is 6.20 Å². The largest absolute Gasteiger partial charge is 0.340 e. The van der Waals surface area contributed by atoms with Crippen LogP contribution in [0.2, 0.25) is 0 Å². The summed E-state index contributed by atoms with van der Waals surface area (Å²) in [7, 11) is 1.99. The van der Waals surface area contributed by atoms with Crippen LogP contribution in [0.15, 0.2) is 35.1 Å². The molecule has 25 heavy (non-hydrogen) atoms. The van der Waals surface area contributed by atoms with Gasteiger partial charge in [0.1, 0.15) is 15.2 Å². The molecule has 2 heterocycles. The molecule has 1 aliphatic rings. The summed E-state index contributed by atoms with van der Waals surface area (Å²) in [5.74, 6) is 1.08. The summed E-state index contributed by atoms with van der Waals surface area (Å²) in [6.45, 7) is 0. The van der Waals surface area contributed by atoms with Crippen molar-refractivity contribution in [3.63, 3.8) is 0 Å². The molecule has 8 heteroatoms. The van der Waals surface area contributed by atoms with Gasteiger partial charge < -0.3 is 9.88 Å². The van der Waals surface area contributed by atoms with Crippen molar-refractivity contribution in [3.05, 3.63) is 50.3 Å². The fourth-order valence-corrected chi connectivity index (χ4v) is 3.56. The first-order valence-corrected chi connectivity index (χ1v) is 9.80. The molecule has 6 nitrogen and oxygen atoms in total. The molecule has 0 bridgehead atoms. The Hall–Kier alpha value is -1.55. The van der Waals surface area contributed by atoms with Gasteiger partial charge >= 0.3 is 0 Å². The summed E-state index contributed by atoms with van der Waals surface area (Å²) in [5.41, 5.74) is 2.29. The Bertz CT molecular complexity index is 952. The quantitative estimate of drug-likeness (QED) is 0.543. The van der Waals surface area contributed by atoms with E-state index in [9.17, 15) is 4.79 Å². The molecule has 1 amide bonds. The van der Waals surface area contributed by atoms with Crippen LogP contribution in [-0.4, -0.2) is 25.4 Å². The molecule has 1 aromatic carbocycles. The van der Waals surface area contributed by atoms with Gasteiger partial charge in [0.25, 0.3) is 5.91 Å². The van der Waals surface area contributed by atoms with E-state index in [2.05, 4.69) is 58.4 Å². The Morgan fingerprint density at radius 1 is 1.36 bits per heavy atom. The number of nitrogens with zero attached hydrogens (tertiary/aromatic N) is 4. The number of benzene rings is 1. The highest BCUT2D eigenvalue weighted by molar-refractivity contribution is 14.1. The molecule has 3 aromatic rings. The van der Waals surface area contributed by atoms with Gasteiger partial charge in [0.15, 0.2) is 0 Å². The number of fused-ring (bicyclic) bond motifs is 1. The second kappa shape index (κ2) is 6.64. The zero-order valence-electron chi connectivity index (χ0n) is 13.4. The maximum atomic E-state index is 12.6. The number of aryl methyl sites for hydroxylation is 1. The van der Waals surface area contributed by atoms with E-state index in [4.69, 9.17) is 4.98 Å². The summed E-state index contributed by atoms with van der Waals surface area (Å²) in [5, 5.41) is 3.11. The number of halogens is 2. The van der Waals surface area contributed by atoms with E-state index in [1.807, 2.05) is 25.2 Å². The lowest BCUT2D eigenvalue weighted by Gasteiger charge is -2.18. The molecule has 0 radical (unpaired) electrons. The minimum Gasteiger partial charge on any atom is -0.340 e. The van der Waals surface area contributed by atoms with E-state index >= 15 is 0 Å². The van der Waals surface area contributed by atoms with Crippen LogP contribution < -0.4 is 5.32 Å². The zero-order valence-corrected chi connectivity index (χ0v) is 17.2. The highest BCUT2D eigenvalue weighted by Gasteiger charge is 2.36. The van der Waals surface area contributed by atoms with Crippen LogP contribution in [0.4, 0.5) is 0 Å². The minimum atomic E-state index is -0.214. The molecular formula is C17H15BrIN5O. The van der Waals surface area contributed by atoms with E-state index in [1.54, 1.807) is 6.20 Å². The van der Waals surface area contributed by atoms with Crippen molar-refractivity contribution in [1.29, 1.82) is 0 Å². The van der Waals surface area contributed by atoms with Gasteiger partial charge in [0.2, 0.25) is 0 Å². The highest BCUT2D eigenvalue weighted by atomic mass is 127. The first kappa shape index (κ1) is 16.9. The lowest BCUT2D eigenvalue weighted by Crippen LogP contribution is -2.32. The molecule has 128 valence electrons. The minimum absolute atomic E-state index is 0.121. The Balaban J connectivity index is 1.67. The third-order valence-electron chi connectivity index (χ3n) is 4.39. The average molecular weight is 512 g/mol. The molecular weight excluding hydrogens is 497 g/mol. The number of nitrogens with one attached hydrogen (secondary N) is 1. The van der Waals surface area contributed by atoms with Gasteiger partial charge in [0, 0.05) is 11.5 Å². The van der Waals surface area contributed by atoms with Crippen LogP contribution in [0.3, 0.4) is 0 Å². The van der Waals surface area contributed by atoms with Crippen LogP contribution in [0, 0.1) is 9.62 Å². The maximum absolute atomic E-state index is 12.6. The van der Waals surface area contributed by atoms with Crippen LogP contribution in [0.25, 0.3) is 11.0 Å². The highest BCUT2D eigenvalue weighted by Crippen LogP contribution is 2.41. The Labute approximate surface area is 166 Å². The normalized spacial score (nSPS) is 15.3. The molecule has 0 saturated heterocycles. The average Bonchev–Trinajstić information content (AvgIpc) is 3.38. The molecule has 2 aromatic heterocycles. The summed E-state index contributed by atoms with van der Waals surface area (Å²) < 4.78 is 3.81. The lowest BCUT2D eigenvalue weighted by molar-refractivity contribution is 0.0923. The van der Waals surface area contributed by atoms with Gasteiger partial charge in [0.05, 0.1) is 29.5 Å². The topological polar surface area (TPSA) is 72.7 Å². The predicted octanol–water partition coefficient (Wildman–Crippen LogP) is 3.61. The van der Waals surface area contributed by atoms with Gasteiger partial charge in [-0.3, -0.25) is 4.79 Å². The summed E-state index contributed by atoms with van der Waals surface area (Å²) in [6.07, 6.45) is 5.29.